The maximum atomic E-state index is 9.19. The quantitative estimate of drug-likeness (QED) is 0.0958. The summed E-state index contributed by atoms with van der Waals surface area (Å²) >= 11 is 0. The van der Waals surface area contributed by atoms with Crippen LogP contribution in [0.2, 0.25) is 0 Å². The molecule has 0 amide bonds. The Kier molecular flexibility index (Phi) is 9.02. The van der Waals surface area contributed by atoms with Crippen LogP contribution in [0.1, 0.15) is 13.7 Å². The summed E-state index contributed by atoms with van der Waals surface area (Å²) < 4.78 is 95.8. The lowest BCUT2D eigenvalue weighted by atomic mass is 10.0. The van der Waals surface area contributed by atoms with E-state index in [4.69, 9.17) is 8.22 Å². The van der Waals surface area contributed by atoms with Crippen LogP contribution < -0.4 is 20.7 Å². The van der Waals surface area contributed by atoms with Gasteiger partial charge in [-0.2, -0.15) is 0 Å². The lowest BCUT2D eigenvalue weighted by Crippen LogP contribution is -2.74. The maximum Gasteiger partial charge on any atom is 0.179 e. The Bertz CT molecular complexity index is 5470. The molecule has 0 N–H and O–H groups in total. The number of fused-ring (bicyclic) bond motifs is 9. The molecule has 3 aromatic heterocycles. The molecule has 0 aliphatic carbocycles. The van der Waals surface area contributed by atoms with Gasteiger partial charge in [-0.3, -0.25) is 0 Å². The molecule has 0 radical (unpaired) electrons. The average Bonchev–Trinajstić information content (AvgIpc) is 1.24. The van der Waals surface area contributed by atoms with Crippen LogP contribution in [-0.4, -0.2) is 21.8 Å². The number of rotatable bonds is 10. The number of aromatic nitrogens is 3. The highest BCUT2D eigenvalue weighted by Crippen LogP contribution is 2.40. The molecule has 3 nitrogen and oxygen atoms in total. The molecule has 4 heteroatoms. The van der Waals surface area contributed by atoms with Gasteiger partial charge in [0, 0.05) is 49.4 Å². The topological polar surface area (TPSA) is 14.8 Å². The molecule has 0 aliphatic heterocycles. The Morgan fingerprint density at radius 2 is 0.561 bits per heavy atom. The predicted octanol–water partition coefficient (Wildman–Crippen LogP) is 17.4. The minimum absolute atomic E-state index is 0.0674. The lowest BCUT2D eigenvalue weighted by Gasteiger charge is -2.35. The van der Waals surface area contributed by atoms with Gasteiger partial charge in [0.2, 0.25) is 0 Å². The molecule has 13 aromatic carbocycles. The Balaban J connectivity index is 0.976. The first-order valence-corrected chi connectivity index (χ1v) is 29.5. The summed E-state index contributed by atoms with van der Waals surface area (Å²) in [6.45, 7) is 0. The number of benzene rings is 13. The summed E-state index contributed by atoms with van der Waals surface area (Å²) in [5, 5.41) is 10.3. The monoisotopic (exact) mass is 1070 g/mol. The predicted molar refractivity (Wildman–Crippen MR) is 349 cm³/mol. The van der Waals surface area contributed by atoms with E-state index in [-0.39, 0.29) is 35.3 Å². The van der Waals surface area contributed by atoms with E-state index < -0.39 is 44.3 Å². The normalized spacial score (nSPS) is 13.6. The van der Waals surface area contributed by atoms with Crippen LogP contribution in [0.5, 0.6) is 0 Å². The van der Waals surface area contributed by atoms with Crippen LogP contribution in [-0.2, 0) is 0 Å². The van der Waals surface area contributed by atoms with Gasteiger partial charge in [-0.1, -0.05) is 255 Å². The molecule has 0 atom stereocenters. The van der Waals surface area contributed by atoms with Crippen LogP contribution in [0.4, 0.5) is 0 Å². The van der Waals surface area contributed by atoms with Gasteiger partial charge < -0.3 is 13.7 Å². The summed E-state index contributed by atoms with van der Waals surface area (Å²) in [7, 11) is -3.80. The van der Waals surface area contributed by atoms with Crippen molar-refractivity contribution < 1.29 is 13.7 Å². The first-order chi connectivity index (χ1) is 44.8. The van der Waals surface area contributed by atoms with E-state index in [1.807, 2.05) is 54.6 Å². The van der Waals surface area contributed by atoms with E-state index >= 15 is 0 Å². The third kappa shape index (κ3) is 7.57. The van der Waals surface area contributed by atoms with Crippen molar-refractivity contribution in [3.05, 3.63) is 321 Å². The van der Waals surface area contributed by atoms with Crippen molar-refractivity contribution in [2.24, 2.45) is 0 Å². The molecule has 0 aliphatic rings. The van der Waals surface area contributed by atoms with Gasteiger partial charge >= 0.3 is 0 Å². The Morgan fingerprint density at radius 3 is 0.988 bits per heavy atom. The molecular weight excluding hydrogens is 1010 g/mol. The first-order valence-electron chi connectivity index (χ1n) is 32.5. The van der Waals surface area contributed by atoms with Gasteiger partial charge in [0.15, 0.2) is 8.07 Å². The van der Waals surface area contributed by atoms with E-state index in [9.17, 15) is 5.48 Å². The number of nitrogens with zero attached hydrogens (tertiary/aromatic N) is 3. The highest BCUT2D eigenvalue weighted by molar-refractivity contribution is 7.20. The third-order valence-electron chi connectivity index (χ3n) is 16.5. The Labute approximate surface area is 491 Å². The zero-order chi connectivity index (χ0) is 62.8. The van der Waals surface area contributed by atoms with Crippen LogP contribution in [0.3, 0.4) is 0 Å². The second-order valence-corrected chi connectivity index (χ2v) is 24.7. The fourth-order valence-corrected chi connectivity index (χ4v) is 17.9. The van der Waals surface area contributed by atoms with Gasteiger partial charge in [-0.25, -0.2) is 0 Å². The summed E-state index contributed by atoms with van der Waals surface area (Å²) in [6, 6.07) is 86.5. The van der Waals surface area contributed by atoms with Crippen molar-refractivity contribution in [3.8, 4) is 50.4 Å². The van der Waals surface area contributed by atoms with Crippen molar-refractivity contribution in [3.63, 3.8) is 0 Å². The van der Waals surface area contributed by atoms with Crippen LogP contribution in [0, 0.1) is 0 Å². The van der Waals surface area contributed by atoms with E-state index in [0.717, 1.165) is 104 Å². The van der Waals surface area contributed by atoms with Crippen molar-refractivity contribution in [1.29, 1.82) is 0 Å². The molecule has 0 saturated heterocycles. The van der Waals surface area contributed by atoms with E-state index in [1.54, 1.807) is 12.1 Å². The van der Waals surface area contributed by atoms with Crippen molar-refractivity contribution >= 4 is 94.2 Å². The molecule has 0 spiro atoms. The fourth-order valence-electron chi connectivity index (χ4n) is 13.0. The van der Waals surface area contributed by atoms with E-state index in [1.165, 1.54) is 10.8 Å². The second-order valence-electron chi connectivity index (χ2n) is 20.9. The first kappa shape index (κ1) is 38.1. The maximum absolute atomic E-state index is 9.19. The van der Waals surface area contributed by atoms with E-state index in [2.05, 4.69) is 208 Å². The molecule has 16 rings (SSSR count). The van der Waals surface area contributed by atoms with E-state index in [0.29, 0.717) is 11.1 Å². The average molecular weight is 1070 g/mol. The zero-order valence-electron chi connectivity index (χ0n) is 54.2. The van der Waals surface area contributed by atoms with Crippen molar-refractivity contribution in [2.45, 2.75) is 0 Å². The van der Waals surface area contributed by atoms with Gasteiger partial charge in [-0.05, 0) is 121 Å². The highest BCUT2D eigenvalue weighted by atomic mass is 28.3. The standard InChI is InChI=1S/C78H53N3Si/c1-4-23-54(24-5-1)56-27-20-32-64(49-56)82(63-30-8-3-9-31-63,65-33-21-28-57(50-65)55-25-6-2-7-26-55)66-34-22-29-58(51-66)59-47-61(80-75-42-17-12-37-69(75)70-38-13-18-43-76(70)80)52-62(48-59)81-77-44-19-14-39-71(77)72-53-60(45-46-78(72)81)79-73-40-15-10-35-67(73)68-36-11-16-41-74(68)79/h1-53H/i1D,2D,4D,5D,6D,7D,23D,24D,25D,26D. The van der Waals surface area contributed by atoms with Gasteiger partial charge in [0.25, 0.3) is 0 Å². The molecule has 16 aromatic rings. The Hall–Kier alpha value is -10.5. The molecule has 0 unspecified atom stereocenters. The van der Waals surface area contributed by atoms with Crippen LogP contribution in [0.15, 0.2) is 321 Å². The molecule has 82 heavy (non-hydrogen) atoms. The number of hydrogen-bond donors (Lipinski definition) is 0. The fraction of sp³-hybridized carbons (Fsp3) is 0. The summed E-state index contributed by atoms with van der Waals surface area (Å²) in [5.74, 6) is 0. The van der Waals surface area contributed by atoms with Crippen molar-refractivity contribution in [2.75, 3.05) is 0 Å². The smallest absolute Gasteiger partial charge is 0.179 e. The lowest BCUT2D eigenvalue weighted by molar-refractivity contribution is 1.13. The van der Waals surface area contributed by atoms with Gasteiger partial charge in [-0.15, -0.1) is 0 Å². The van der Waals surface area contributed by atoms with Crippen LogP contribution >= 0.6 is 0 Å². The molecule has 384 valence electrons. The van der Waals surface area contributed by atoms with Gasteiger partial charge in [0.05, 0.1) is 46.8 Å². The summed E-state index contributed by atoms with van der Waals surface area (Å²) in [4.78, 5) is 0. The third-order valence-corrected chi connectivity index (χ3v) is 21.2. The minimum atomic E-state index is -3.80. The SMILES string of the molecule is [2H]c1c([2H])c([2H])c(-c2cccc([Si](c3ccccc3)(c3cccc(-c4cc(-n5c6ccccc6c6ccccc65)cc(-n5c6ccccc6c6cc(-n7c8ccccc8c8ccccc87)ccc65)c4)c3)c3cccc(-c4c([2H])c([2H])c([2H])c([2H])c4[2H])c3)c2)c([2H])c1[2H]. The van der Waals surface area contributed by atoms with Crippen LogP contribution in [0.25, 0.3) is 116 Å². The molecule has 0 saturated carbocycles. The Morgan fingerprint density at radius 1 is 0.220 bits per heavy atom. The van der Waals surface area contributed by atoms with Crippen molar-refractivity contribution in [1.82, 2.24) is 13.7 Å². The summed E-state index contributed by atoms with van der Waals surface area (Å²) in [6.07, 6.45) is 0. The number of para-hydroxylation sites is 5. The largest absolute Gasteiger partial charge is 0.309 e. The highest BCUT2D eigenvalue weighted by Gasteiger charge is 2.42. The van der Waals surface area contributed by atoms with Gasteiger partial charge in [0.1, 0.15) is 0 Å². The molecule has 3 heterocycles. The second kappa shape index (κ2) is 19.4. The minimum Gasteiger partial charge on any atom is -0.309 e. The molecular formula is C78H53N3Si. The molecule has 0 bridgehead atoms. The molecule has 0 fully saturated rings. The summed E-state index contributed by atoms with van der Waals surface area (Å²) in [5.41, 5.74) is 12.2. The zero-order valence-corrected chi connectivity index (χ0v) is 45.2. The number of hydrogen-bond acceptors (Lipinski definition) is 0.